The van der Waals surface area contributed by atoms with Gasteiger partial charge in [0, 0.05) is 16.3 Å². The number of para-hydroxylation sites is 1. The van der Waals surface area contributed by atoms with Gasteiger partial charge in [-0.05, 0) is 125 Å². The molecule has 0 saturated carbocycles. The minimum atomic E-state index is 0.896. The van der Waals surface area contributed by atoms with Gasteiger partial charge in [0.25, 0.3) is 0 Å². The molecule has 0 radical (unpaired) electrons. The predicted octanol–water partition coefficient (Wildman–Crippen LogP) is 14.2. The molecule has 0 amide bonds. The van der Waals surface area contributed by atoms with Crippen LogP contribution in [0.15, 0.2) is 186 Å². The van der Waals surface area contributed by atoms with Crippen molar-refractivity contribution < 1.29 is 4.42 Å². The van der Waals surface area contributed by atoms with Gasteiger partial charge in [0.15, 0.2) is 0 Å². The normalized spacial score (nSPS) is 11.9. The smallest absolute Gasteiger partial charge is 0.136 e. The Hall–Kier alpha value is -6.70. The molecule has 1 heterocycles. The topological polar surface area (TPSA) is 13.1 Å². The van der Waals surface area contributed by atoms with E-state index in [4.69, 9.17) is 4.42 Å². The molecule has 0 fully saturated rings. The Morgan fingerprint density at radius 1 is 0.255 bits per heavy atom. The van der Waals surface area contributed by atoms with Crippen LogP contribution in [0.25, 0.3) is 110 Å². The molecule has 10 aromatic rings. The van der Waals surface area contributed by atoms with Crippen molar-refractivity contribution in [3.63, 3.8) is 0 Å². The van der Waals surface area contributed by atoms with E-state index >= 15 is 0 Å². The lowest BCUT2D eigenvalue weighted by molar-refractivity contribution is 0.669. The maximum atomic E-state index is 6.63. The molecular formula is C50H30O. The fourth-order valence-corrected chi connectivity index (χ4v) is 8.49. The highest BCUT2D eigenvalue weighted by atomic mass is 16.3. The Morgan fingerprint density at radius 2 is 0.804 bits per heavy atom. The lowest BCUT2D eigenvalue weighted by atomic mass is 9.80. The molecule has 1 aliphatic rings. The summed E-state index contributed by atoms with van der Waals surface area (Å²) in [4.78, 5) is 0. The second-order valence-electron chi connectivity index (χ2n) is 13.6. The van der Waals surface area contributed by atoms with Crippen molar-refractivity contribution in [1.82, 2.24) is 0 Å². The zero-order chi connectivity index (χ0) is 33.5. The number of fused-ring (bicyclic) bond motifs is 16. The van der Waals surface area contributed by atoms with E-state index < -0.39 is 0 Å². The van der Waals surface area contributed by atoms with Gasteiger partial charge in [-0.25, -0.2) is 0 Å². The van der Waals surface area contributed by atoms with E-state index in [2.05, 4.69) is 182 Å². The van der Waals surface area contributed by atoms with Gasteiger partial charge >= 0.3 is 0 Å². The van der Waals surface area contributed by atoms with Gasteiger partial charge < -0.3 is 4.42 Å². The van der Waals surface area contributed by atoms with Crippen molar-refractivity contribution in [2.75, 3.05) is 0 Å². The Bertz CT molecular complexity index is 3000. The molecule has 0 aliphatic heterocycles. The SMILES string of the molecule is c1ccc(-c2cc3cc(c2)-c2ccc4oc5ccccc5c4c2-c2c4ccccc4c(-c4ccccc4)c4ccc(cc24)-c2cccc-3c2)cc1. The standard InChI is InChI=1S/C50H30O/c1-3-12-31(13-4-1)36-27-37-29-38(28-36)39-24-25-46-49(43-20-9-10-21-45(43)51-46)50(39)48-41-19-8-7-18-40(41)47(32-14-5-2-6-15-32)42-23-22-35(30-44(42)48)33-16-11-17-34(37)26-33/h1-30H. The molecule has 6 bridgehead atoms. The summed E-state index contributed by atoms with van der Waals surface area (Å²) < 4.78 is 6.63. The monoisotopic (exact) mass is 646 g/mol. The Balaban J connectivity index is 1.40. The highest BCUT2D eigenvalue weighted by molar-refractivity contribution is 6.28. The van der Waals surface area contributed by atoms with Gasteiger partial charge in [0.1, 0.15) is 11.2 Å². The largest absolute Gasteiger partial charge is 0.456 e. The van der Waals surface area contributed by atoms with Crippen LogP contribution in [0.2, 0.25) is 0 Å². The molecule has 0 unspecified atom stereocenters. The van der Waals surface area contributed by atoms with Gasteiger partial charge in [0.2, 0.25) is 0 Å². The van der Waals surface area contributed by atoms with E-state index in [0.29, 0.717) is 0 Å². The minimum Gasteiger partial charge on any atom is -0.456 e. The second kappa shape index (κ2) is 10.9. The average molecular weight is 647 g/mol. The van der Waals surface area contributed by atoms with Crippen LogP contribution >= 0.6 is 0 Å². The van der Waals surface area contributed by atoms with Gasteiger partial charge in [-0.15, -0.1) is 0 Å². The quantitative estimate of drug-likeness (QED) is 0.170. The fraction of sp³-hybridized carbons (Fsp3) is 0. The van der Waals surface area contributed by atoms with Crippen molar-refractivity contribution in [1.29, 1.82) is 0 Å². The van der Waals surface area contributed by atoms with Crippen LogP contribution in [0.1, 0.15) is 0 Å². The average Bonchev–Trinajstić information content (AvgIpc) is 3.59. The third-order valence-corrected chi connectivity index (χ3v) is 10.8. The van der Waals surface area contributed by atoms with E-state index in [1.54, 1.807) is 0 Å². The third-order valence-electron chi connectivity index (χ3n) is 10.8. The van der Waals surface area contributed by atoms with Crippen LogP contribution in [-0.4, -0.2) is 0 Å². The first-order chi connectivity index (χ1) is 25.3. The van der Waals surface area contributed by atoms with E-state index in [1.165, 1.54) is 88.3 Å². The van der Waals surface area contributed by atoms with E-state index in [1.807, 2.05) is 0 Å². The summed E-state index contributed by atoms with van der Waals surface area (Å²) in [6.07, 6.45) is 0. The van der Waals surface area contributed by atoms with Gasteiger partial charge in [-0.1, -0.05) is 140 Å². The number of hydrogen-bond acceptors (Lipinski definition) is 1. The van der Waals surface area contributed by atoms with Crippen molar-refractivity contribution in [2.24, 2.45) is 0 Å². The first kappa shape index (κ1) is 28.2. The van der Waals surface area contributed by atoms with Crippen LogP contribution in [0.3, 0.4) is 0 Å². The van der Waals surface area contributed by atoms with Gasteiger partial charge in [-0.2, -0.15) is 0 Å². The van der Waals surface area contributed by atoms with Crippen LogP contribution in [-0.2, 0) is 0 Å². The molecule has 1 heteroatoms. The summed E-state index contributed by atoms with van der Waals surface area (Å²) in [5.41, 5.74) is 16.3. The Kier molecular flexibility index (Phi) is 6.02. The van der Waals surface area contributed by atoms with Crippen molar-refractivity contribution in [3.05, 3.63) is 182 Å². The maximum absolute atomic E-state index is 6.63. The molecule has 1 nitrogen and oxygen atoms in total. The van der Waals surface area contributed by atoms with Crippen LogP contribution in [0.5, 0.6) is 0 Å². The van der Waals surface area contributed by atoms with Gasteiger partial charge in [0.05, 0.1) is 0 Å². The van der Waals surface area contributed by atoms with E-state index in [9.17, 15) is 0 Å². The van der Waals surface area contributed by atoms with Crippen molar-refractivity contribution >= 4 is 43.5 Å². The molecule has 0 saturated heterocycles. The Morgan fingerprint density at radius 3 is 1.59 bits per heavy atom. The lowest BCUT2D eigenvalue weighted by Gasteiger charge is -2.22. The molecule has 9 aromatic carbocycles. The third kappa shape index (κ3) is 4.28. The van der Waals surface area contributed by atoms with Crippen LogP contribution in [0.4, 0.5) is 0 Å². The van der Waals surface area contributed by atoms with E-state index in [0.717, 1.165) is 21.9 Å². The summed E-state index contributed by atoms with van der Waals surface area (Å²) >= 11 is 0. The summed E-state index contributed by atoms with van der Waals surface area (Å²) in [7, 11) is 0. The highest BCUT2D eigenvalue weighted by Crippen LogP contribution is 2.51. The number of hydrogen-bond donors (Lipinski definition) is 0. The van der Waals surface area contributed by atoms with Crippen LogP contribution in [0, 0.1) is 0 Å². The predicted molar refractivity (Wildman–Crippen MR) is 215 cm³/mol. The number of benzene rings is 9. The molecule has 236 valence electrons. The van der Waals surface area contributed by atoms with Gasteiger partial charge in [-0.3, -0.25) is 0 Å². The molecule has 51 heavy (non-hydrogen) atoms. The molecule has 0 atom stereocenters. The summed E-state index contributed by atoms with van der Waals surface area (Å²) in [6.45, 7) is 0. The number of rotatable bonds is 2. The molecule has 0 N–H and O–H groups in total. The maximum Gasteiger partial charge on any atom is 0.136 e. The first-order valence-electron chi connectivity index (χ1n) is 17.6. The lowest BCUT2D eigenvalue weighted by Crippen LogP contribution is -1.95. The Labute approximate surface area is 295 Å². The summed E-state index contributed by atoms with van der Waals surface area (Å²) in [5.74, 6) is 0. The van der Waals surface area contributed by atoms with Crippen molar-refractivity contribution in [2.45, 2.75) is 0 Å². The zero-order valence-electron chi connectivity index (χ0n) is 27.7. The highest BCUT2D eigenvalue weighted by Gasteiger charge is 2.25. The number of furan rings is 1. The molecule has 11 rings (SSSR count). The van der Waals surface area contributed by atoms with Crippen molar-refractivity contribution in [3.8, 4) is 66.8 Å². The summed E-state index contributed by atoms with van der Waals surface area (Å²) in [5, 5.41) is 7.21. The summed E-state index contributed by atoms with van der Waals surface area (Å²) in [6, 6.07) is 66.7. The second-order valence-corrected chi connectivity index (χ2v) is 13.6. The minimum absolute atomic E-state index is 0.896. The molecule has 1 aromatic heterocycles. The van der Waals surface area contributed by atoms with E-state index in [-0.39, 0.29) is 0 Å². The van der Waals surface area contributed by atoms with Crippen LogP contribution < -0.4 is 0 Å². The first-order valence-corrected chi connectivity index (χ1v) is 17.6. The molecule has 0 spiro atoms. The zero-order valence-corrected chi connectivity index (χ0v) is 27.7. The molecule has 1 aliphatic carbocycles. The molecular weight excluding hydrogens is 617 g/mol. The fourth-order valence-electron chi connectivity index (χ4n) is 8.49.